The molecule has 2 N–H and O–H groups in total. The molecule has 2 rings (SSSR count). The second kappa shape index (κ2) is 7.16. The molecule has 0 aromatic heterocycles. The topological polar surface area (TPSA) is 41.1 Å². The zero-order valence-electron chi connectivity index (χ0n) is 11.2. The van der Waals surface area contributed by atoms with E-state index in [2.05, 4.69) is 26.6 Å². The molecule has 0 heterocycles. The summed E-state index contributed by atoms with van der Waals surface area (Å²) in [6.07, 6.45) is 0. The summed E-state index contributed by atoms with van der Waals surface area (Å²) in [6.45, 7) is 2.17. The predicted molar refractivity (Wildman–Crippen MR) is 92.5 cm³/mol. The van der Waals surface area contributed by atoms with Gasteiger partial charge < -0.3 is 10.6 Å². The Bertz CT molecular complexity index is 677. The standard InChI is InChI=1S/C15H13BrCl2N2O/c1-9-2-3-10(6-12(9)16)19-8-15(21)20-11-4-5-13(17)14(18)7-11/h2-7,19H,8H2,1H3,(H,20,21). The Morgan fingerprint density at radius 1 is 1.10 bits per heavy atom. The van der Waals surface area contributed by atoms with E-state index < -0.39 is 0 Å². The number of benzene rings is 2. The van der Waals surface area contributed by atoms with E-state index in [9.17, 15) is 4.79 Å². The highest BCUT2D eigenvalue weighted by atomic mass is 79.9. The molecule has 0 unspecified atom stereocenters. The van der Waals surface area contributed by atoms with Crippen LogP contribution in [-0.4, -0.2) is 12.5 Å². The minimum absolute atomic E-state index is 0.162. The molecule has 0 saturated heterocycles. The van der Waals surface area contributed by atoms with Gasteiger partial charge in [0.2, 0.25) is 5.91 Å². The van der Waals surface area contributed by atoms with Gasteiger partial charge in [0.25, 0.3) is 0 Å². The van der Waals surface area contributed by atoms with Crippen molar-refractivity contribution in [2.45, 2.75) is 6.92 Å². The molecule has 6 heteroatoms. The maximum absolute atomic E-state index is 11.9. The molecule has 110 valence electrons. The fourth-order valence-electron chi connectivity index (χ4n) is 1.66. The minimum atomic E-state index is -0.162. The van der Waals surface area contributed by atoms with Gasteiger partial charge in [-0.15, -0.1) is 0 Å². The number of hydrogen-bond donors (Lipinski definition) is 2. The van der Waals surface area contributed by atoms with Crippen LogP contribution >= 0.6 is 39.1 Å². The highest BCUT2D eigenvalue weighted by Gasteiger charge is 2.05. The van der Waals surface area contributed by atoms with Gasteiger partial charge in [0, 0.05) is 15.8 Å². The van der Waals surface area contributed by atoms with Crippen molar-refractivity contribution in [2.75, 3.05) is 17.2 Å². The second-order valence-electron chi connectivity index (χ2n) is 4.49. The second-order valence-corrected chi connectivity index (χ2v) is 6.16. The molecule has 2 aromatic rings. The molecule has 0 aliphatic heterocycles. The number of rotatable bonds is 4. The number of hydrogen-bond acceptors (Lipinski definition) is 2. The first kappa shape index (κ1) is 16.1. The van der Waals surface area contributed by atoms with Crippen molar-refractivity contribution in [3.63, 3.8) is 0 Å². The van der Waals surface area contributed by atoms with Crippen molar-refractivity contribution in [1.82, 2.24) is 0 Å². The minimum Gasteiger partial charge on any atom is -0.376 e. The summed E-state index contributed by atoms with van der Waals surface area (Å²) in [7, 11) is 0. The summed E-state index contributed by atoms with van der Waals surface area (Å²) < 4.78 is 0.998. The molecule has 0 saturated carbocycles. The van der Waals surface area contributed by atoms with E-state index in [1.165, 1.54) is 0 Å². The van der Waals surface area contributed by atoms with Gasteiger partial charge in [-0.05, 0) is 42.8 Å². The molecule has 0 atom stereocenters. The maximum Gasteiger partial charge on any atom is 0.243 e. The number of anilines is 2. The fourth-order valence-corrected chi connectivity index (χ4v) is 2.34. The first-order valence-electron chi connectivity index (χ1n) is 6.20. The van der Waals surface area contributed by atoms with Crippen molar-refractivity contribution in [1.29, 1.82) is 0 Å². The zero-order chi connectivity index (χ0) is 15.4. The number of nitrogens with one attached hydrogen (secondary N) is 2. The van der Waals surface area contributed by atoms with Crippen LogP contribution in [0.1, 0.15) is 5.56 Å². The number of carbonyl (C=O) groups is 1. The molecule has 3 nitrogen and oxygen atoms in total. The van der Waals surface area contributed by atoms with E-state index in [1.807, 2.05) is 25.1 Å². The lowest BCUT2D eigenvalue weighted by molar-refractivity contribution is -0.114. The van der Waals surface area contributed by atoms with Crippen LogP contribution in [0.4, 0.5) is 11.4 Å². The van der Waals surface area contributed by atoms with Crippen LogP contribution in [0.3, 0.4) is 0 Å². The highest BCUT2D eigenvalue weighted by molar-refractivity contribution is 9.10. The normalized spacial score (nSPS) is 10.3. The summed E-state index contributed by atoms with van der Waals surface area (Å²) in [5, 5.41) is 6.67. The highest BCUT2D eigenvalue weighted by Crippen LogP contribution is 2.25. The summed E-state index contributed by atoms with van der Waals surface area (Å²) in [5.74, 6) is -0.162. The molecule has 0 aliphatic rings. The Morgan fingerprint density at radius 2 is 1.81 bits per heavy atom. The molecule has 0 fully saturated rings. The third-order valence-corrected chi connectivity index (χ3v) is 4.42. The van der Waals surface area contributed by atoms with Gasteiger partial charge in [0.15, 0.2) is 0 Å². The first-order chi connectivity index (χ1) is 9.95. The summed E-state index contributed by atoms with van der Waals surface area (Å²) in [5.41, 5.74) is 2.62. The van der Waals surface area contributed by atoms with Gasteiger partial charge in [-0.3, -0.25) is 4.79 Å². The summed E-state index contributed by atoms with van der Waals surface area (Å²) >= 11 is 15.2. The SMILES string of the molecule is Cc1ccc(NCC(=O)Nc2ccc(Cl)c(Cl)c2)cc1Br. The molecular formula is C15H13BrCl2N2O. The third-order valence-electron chi connectivity index (χ3n) is 2.83. The first-order valence-corrected chi connectivity index (χ1v) is 7.75. The lowest BCUT2D eigenvalue weighted by Crippen LogP contribution is -2.21. The quantitative estimate of drug-likeness (QED) is 0.764. The lowest BCUT2D eigenvalue weighted by Gasteiger charge is -2.09. The van der Waals surface area contributed by atoms with E-state index in [0.717, 1.165) is 15.7 Å². The van der Waals surface area contributed by atoms with E-state index in [1.54, 1.807) is 18.2 Å². The molecule has 2 aromatic carbocycles. The Labute approximate surface area is 141 Å². The lowest BCUT2D eigenvalue weighted by atomic mass is 10.2. The fraction of sp³-hybridized carbons (Fsp3) is 0.133. The number of amides is 1. The summed E-state index contributed by atoms with van der Waals surface area (Å²) in [4.78, 5) is 11.9. The van der Waals surface area contributed by atoms with Crippen LogP contribution in [0.15, 0.2) is 40.9 Å². The Hall–Kier alpha value is -1.23. The average Bonchev–Trinajstić information content (AvgIpc) is 2.44. The van der Waals surface area contributed by atoms with Crippen LogP contribution < -0.4 is 10.6 Å². The average molecular weight is 388 g/mol. The van der Waals surface area contributed by atoms with Crippen molar-refractivity contribution in [3.05, 3.63) is 56.5 Å². The van der Waals surface area contributed by atoms with Crippen LogP contribution in [0, 0.1) is 6.92 Å². The van der Waals surface area contributed by atoms with E-state index in [4.69, 9.17) is 23.2 Å². The molecule has 0 bridgehead atoms. The van der Waals surface area contributed by atoms with Gasteiger partial charge in [0.1, 0.15) is 0 Å². The molecule has 0 spiro atoms. The molecule has 0 aliphatic carbocycles. The van der Waals surface area contributed by atoms with Crippen LogP contribution in [0.2, 0.25) is 10.0 Å². The van der Waals surface area contributed by atoms with Crippen molar-refractivity contribution >= 4 is 56.4 Å². The number of carbonyl (C=O) groups excluding carboxylic acids is 1. The van der Waals surface area contributed by atoms with Crippen molar-refractivity contribution < 1.29 is 4.79 Å². The van der Waals surface area contributed by atoms with Gasteiger partial charge >= 0.3 is 0 Å². The van der Waals surface area contributed by atoms with Gasteiger partial charge in [-0.25, -0.2) is 0 Å². The Balaban J connectivity index is 1.92. The number of aryl methyl sites for hydroxylation is 1. The summed E-state index contributed by atoms with van der Waals surface area (Å²) in [6, 6.07) is 10.8. The zero-order valence-corrected chi connectivity index (χ0v) is 14.3. The molecular weight excluding hydrogens is 375 g/mol. The van der Waals surface area contributed by atoms with E-state index in [-0.39, 0.29) is 12.5 Å². The van der Waals surface area contributed by atoms with E-state index >= 15 is 0 Å². The van der Waals surface area contributed by atoms with Gasteiger partial charge in [-0.1, -0.05) is 45.2 Å². The Kier molecular flexibility index (Phi) is 5.51. The monoisotopic (exact) mass is 386 g/mol. The van der Waals surface area contributed by atoms with E-state index in [0.29, 0.717) is 15.7 Å². The van der Waals surface area contributed by atoms with Gasteiger partial charge in [0.05, 0.1) is 16.6 Å². The van der Waals surface area contributed by atoms with Crippen molar-refractivity contribution in [2.24, 2.45) is 0 Å². The van der Waals surface area contributed by atoms with Crippen molar-refractivity contribution in [3.8, 4) is 0 Å². The Morgan fingerprint density at radius 3 is 2.48 bits per heavy atom. The van der Waals surface area contributed by atoms with Crippen LogP contribution in [0.5, 0.6) is 0 Å². The number of halogens is 3. The molecule has 1 amide bonds. The van der Waals surface area contributed by atoms with Crippen LogP contribution in [-0.2, 0) is 4.79 Å². The molecule has 0 radical (unpaired) electrons. The smallest absolute Gasteiger partial charge is 0.243 e. The van der Waals surface area contributed by atoms with Crippen LogP contribution in [0.25, 0.3) is 0 Å². The largest absolute Gasteiger partial charge is 0.376 e. The third kappa shape index (κ3) is 4.63. The maximum atomic E-state index is 11.9. The van der Waals surface area contributed by atoms with Gasteiger partial charge in [-0.2, -0.15) is 0 Å². The molecule has 21 heavy (non-hydrogen) atoms. The predicted octanol–water partition coefficient (Wildman–Crippen LogP) is 5.11.